The van der Waals surface area contributed by atoms with Gasteiger partial charge < -0.3 is 19.5 Å². The molecule has 1 aliphatic heterocycles. The molecule has 182 valence electrons. The van der Waals surface area contributed by atoms with Crippen LogP contribution in [-0.2, 0) is 11.3 Å². The van der Waals surface area contributed by atoms with Crippen LogP contribution >= 0.6 is 0 Å². The van der Waals surface area contributed by atoms with Crippen molar-refractivity contribution in [2.75, 3.05) is 40.5 Å². The maximum atomic E-state index is 14.1. The van der Waals surface area contributed by atoms with E-state index in [2.05, 4.69) is 16.8 Å². The maximum absolute atomic E-state index is 14.1. The van der Waals surface area contributed by atoms with Crippen LogP contribution in [0, 0.1) is 23.6 Å². The smallest absolute Gasteiger partial charge is 0.259 e. The van der Waals surface area contributed by atoms with E-state index in [0.29, 0.717) is 36.3 Å². The topological polar surface area (TPSA) is 75.1 Å². The molecule has 34 heavy (non-hydrogen) atoms. The van der Waals surface area contributed by atoms with E-state index < -0.39 is 0 Å². The van der Waals surface area contributed by atoms with Gasteiger partial charge in [0.2, 0.25) is 5.88 Å². The number of pyridine rings is 1. The summed E-state index contributed by atoms with van der Waals surface area (Å²) in [6.07, 6.45) is 1.26. The predicted molar refractivity (Wildman–Crippen MR) is 127 cm³/mol. The van der Waals surface area contributed by atoms with E-state index in [1.54, 1.807) is 36.4 Å². The van der Waals surface area contributed by atoms with Gasteiger partial charge in [-0.1, -0.05) is 37.0 Å². The third-order valence-corrected chi connectivity index (χ3v) is 5.86. The van der Waals surface area contributed by atoms with Crippen LogP contribution in [0.15, 0.2) is 36.5 Å². The van der Waals surface area contributed by atoms with Crippen LogP contribution in [0.4, 0.5) is 4.39 Å². The molecular weight excluding hydrogens is 437 g/mol. The molecule has 0 bridgehead atoms. The monoisotopic (exact) mass is 469 g/mol. The number of nitrogens with zero attached hydrogens (tertiary/aromatic N) is 3. The molecule has 0 aliphatic carbocycles. The number of aliphatic hydroxyl groups is 1. The van der Waals surface area contributed by atoms with Crippen molar-refractivity contribution in [1.82, 2.24) is 14.8 Å². The molecule has 1 N–H and O–H groups in total. The van der Waals surface area contributed by atoms with E-state index in [1.165, 1.54) is 6.07 Å². The summed E-state index contributed by atoms with van der Waals surface area (Å²) in [6, 6.07) is 7.99. The zero-order chi connectivity index (χ0) is 24.7. The quantitative estimate of drug-likeness (QED) is 0.629. The lowest BCUT2D eigenvalue weighted by molar-refractivity contribution is 0.0324. The second-order valence-electron chi connectivity index (χ2n) is 8.72. The summed E-state index contributed by atoms with van der Waals surface area (Å²) >= 11 is 0. The van der Waals surface area contributed by atoms with Crippen LogP contribution in [0.2, 0.25) is 0 Å². The van der Waals surface area contributed by atoms with Crippen LogP contribution in [0.5, 0.6) is 5.88 Å². The summed E-state index contributed by atoms with van der Waals surface area (Å²) in [5, 5.41) is 9.78. The molecule has 0 saturated carbocycles. The summed E-state index contributed by atoms with van der Waals surface area (Å²) in [5.41, 5.74) is 1.48. The average molecular weight is 470 g/mol. The minimum Gasteiger partial charge on any atom is -0.472 e. The van der Waals surface area contributed by atoms with Crippen molar-refractivity contribution < 1.29 is 23.8 Å². The number of carbonyl (C=O) groups is 1. The molecule has 2 heterocycles. The molecule has 8 heteroatoms. The molecule has 3 atom stereocenters. The first-order valence-corrected chi connectivity index (χ1v) is 11.3. The van der Waals surface area contributed by atoms with Crippen molar-refractivity contribution in [3.05, 3.63) is 59.0 Å². The zero-order valence-corrected chi connectivity index (χ0v) is 20.1. The van der Waals surface area contributed by atoms with Gasteiger partial charge in [-0.05, 0) is 26.1 Å². The van der Waals surface area contributed by atoms with Crippen molar-refractivity contribution in [2.45, 2.75) is 32.5 Å². The number of halogens is 1. The lowest BCUT2D eigenvalue weighted by Gasteiger charge is -2.37. The molecule has 2 aromatic rings. The van der Waals surface area contributed by atoms with Crippen LogP contribution < -0.4 is 4.74 Å². The van der Waals surface area contributed by atoms with Gasteiger partial charge >= 0.3 is 0 Å². The summed E-state index contributed by atoms with van der Waals surface area (Å²) in [5.74, 6) is 5.46. The number of benzene rings is 1. The average Bonchev–Trinajstić information content (AvgIpc) is 2.82. The molecule has 0 spiro atoms. The standard InChI is InChI=1S/C26H32FN3O4/c1-18-14-30(19(2)17-31)26(32)22-12-20(8-7-11-33-4)13-28-25(22)34-24(18)16-29(3)15-21-9-5-6-10-23(21)27/h5-6,9-10,12-13,18-19,24,31H,11,14-17H2,1-4H3/t18-,19+,24+/m1/s1. The van der Waals surface area contributed by atoms with Gasteiger partial charge in [-0.3, -0.25) is 9.69 Å². The molecule has 1 aromatic carbocycles. The summed E-state index contributed by atoms with van der Waals surface area (Å²) in [6.45, 7) is 5.24. The Kier molecular flexibility index (Phi) is 8.99. The highest BCUT2D eigenvalue weighted by Crippen LogP contribution is 2.27. The number of hydrogen-bond acceptors (Lipinski definition) is 6. The van der Waals surface area contributed by atoms with Crippen molar-refractivity contribution >= 4 is 5.91 Å². The number of likely N-dealkylation sites (N-methyl/N-ethyl adjacent to an activating group) is 1. The van der Waals surface area contributed by atoms with Crippen molar-refractivity contribution in [2.24, 2.45) is 5.92 Å². The minimum atomic E-state index is -0.374. The van der Waals surface area contributed by atoms with Gasteiger partial charge in [0.15, 0.2) is 0 Å². The highest BCUT2D eigenvalue weighted by Gasteiger charge is 2.34. The van der Waals surface area contributed by atoms with Gasteiger partial charge in [-0.2, -0.15) is 0 Å². The first-order valence-electron chi connectivity index (χ1n) is 11.3. The maximum Gasteiger partial charge on any atom is 0.259 e. The fourth-order valence-corrected chi connectivity index (χ4v) is 3.89. The molecule has 0 fully saturated rings. The summed E-state index contributed by atoms with van der Waals surface area (Å²) < 4.78 is 25.4. The fourth-order valence-electron chi connectivity index (χ4n) is 3.89. The number of carbonyl (C=O) groups excluding carboxylic acids is 1. The molecule has 3 rings (SSSR count). The second-order valence-corrected chi connectivity index (χ2v) is 8.72. The number of fused-ring (bicyclic) bond motifs is 1. The molecule has 7 nitrogen and oxygen atoms in total. The highest BCUT2D eigenvalue weighted by molar-refractivity contribution is 5.97. The minimum absolute atomic E-state index is 0.0582. The SMILES string of the molecule is COCC#Cc1cnc2c(c1)C(=O)N([C@@H](C)CO)C[C@@H](C)[C@H](CN(C)Cc1ccccc1F)O2. The number of aliphatic hydroxyl groups excluding tert-OH is 1. The van der Waals surface area contributed by atoms with E-state index in [9.17, 15) is 14.3 Å². The number of hydrogen-bond donors (Lipinski definition) is 1. The van der Waals surface area contributed by atoms with Gasteiger partial charge in [-0.25, -0.2) is 9.37 Å². The first-order chi connectivity index (χ1) is 16.3. The highest BCUT2D eigenvalue weighted by atomic mass is 19.1. The molecule has 1 aliphatic rings. The van der Waals surface area contributed by atoms with E-state index in [0.717, 1.165) is 0 Å². The third kappa shape index (κ3) is 6.32. The third-order valence-electron chi connectivity index (χ3n) is 5.86. The van der Waals surface area contributed by atoms with Gasteiger partial charge in [0, 0.05) is 50.0 Å². The Morgan fingerprint density at radius 2 is 2.18 bits per heavy atom. The molecule has 1 amide bonds. The van der Waals surface area contributed by atoms with E-state index in [4.69, 9.17) is 9.47 Å². The van der Waals surface area contributed by atoms with E-state index in [-0.39, 0.29) is 48.9 Å². The summed E-state index contributed by atoms with van der Waals surface area (Å²) in [4.78, 5) is 21.5. The Hall–Kier alpha value is -2.99. The van der Waals surface area contributed by atoms with Gasteiger partial charge in [0.25, 0.3) is 5.91 Å². The van der Waals surface area contributed by atoms with Gasteiger partial charge in [0.1, 0.15) is 24.1 Å². The largest absolute Gasteiger partial charge is 0.472 e. The number of ether oxygens (including phenoxy) is 2. The van der Waals surface area contributed by atoms with E-state index >= 15 is 0 Å². The zero-order valence-electron chi connectivity index (χ0n) is 20.1. The Balaban J connectivity index is 1.90. The van der Waals surface area contributed by atoms with Crippen molar-refractivity contribution in [1.29, 1.82) is 0 Å². The van der Waals surface area contributed by atoms with Crippen molar-refractivity contribution in [3.8, 4) is 17.7 Å². The Bertz CT molecular complexity index is 1050. The molecule has 0 saturated heterocycles. The first kappa shape index (κ1) is 25.6. The number of aromatic nitrogens is 1. The molecule has 1 aromatic heterocycles. The lowest BCUT2D eigenvalue weighted by atomic mass is 9.99. The van der Waals surface area contributed by atoms with Gasteiger partial charge in [0.05, 0.1) is 12.6 Å². The fraction of sp³-hybridized carbons (Fsp3) is 0.462. The Morgan fingerprint density at radius 1 is 1.41 bits per heavy atom. The van der Waals surface area contributed by atoms with Gasteiger partial charge in [-0.15, -0.1) is 0 Å². The summed E-state index contributed by atoms with van der Waals surface area (Å²) in [7, 11) is 3.47. The van der Waals surface area contributed by atoms with Crippen LogP contribution in [0.25, 0.3) is 0 Å². The molecule has 0 unspecified atom stereocenters. The second kappa shape index (κ2) is 11.9. The Labute approximate surface area is 200 Å². The predicted octanol–water partition coefficient (Wildman–Crippen LogP) is 2.57. The van der Waals surface area contributed by atoms with Crippen LogP contribution in [-0.4, -0.2) is 78.4 Å². The lowest BCUT2D eigenvalue weighted by Crippen LogP contribution is -2.49. The number of rotatable bonds is 7. The number of amides is 1. The van der Waals surface area contributed by atoms with E-state index in [1.807, 2.05) is 31.9 Å². The normalized spacial score (nSPS) is 18.9. The van der Waals surface area contributed by atoms with Crippen LogP contribution in [0.1, 0.15) is 35.3 Å². The van der Waals surface area contributed by atoms with Crippen molar-refractivity contribution in [3.63, 3.8) is 0 Å². The number of methoxy groups -OCH3 is 1. The van der Waals surface area contributed by atoms with Crippen LogP contribution in [0.3, 0.4) is 0 Å². The molecular formula is C26H32FN3O4. The molecule has 0 radical (unpaired) electrons. The Morgan fingerprint density at radius 3 is 2.88 bits per heavy atom.